The molecule has 1 aliphatic rings. The second kappa shape index (κ2) is 7.31. The smallest absolute Gasteiger partial charge is 0.0565 e. The van der Waals surface area contributed by atoms with Gasteiger partial charge < -0.3 is 9.80 Å². The summed E-state index contributed by atoms with van der Waals surface area (Å²) >= 11 is 6.46. The minimum atomic E-state index is 0. The van der Waals surface area contributed by atoms with Crippen LogP contribution in [0.15, 0.2) is 48.5 Å². The van der Waals surface area contributed by atoms with Crippen LogP contribution in [0.1, 0.15) is 25.0 Å². The highest BCUT2D eigenvalue weighted by Crippen LogP contribution is 2.44. The van der Waals surface area contributed by atoms with E-state index in [1.165, 1.54) is 11.3 Å². The Bertz CT molecular complexity index is 781. The molecule has 1 heterocycles. The first-order valence-electron chi connectivity index (χ1n) is 8.30. The summed E-state index contributed by atoms with van der Waals surface area (Å²) in [6, 6.07) is 15.2. The normalized spacial score (nSPS) is 18.2. The molecule has 0 spiro atoms. The number of nitrogens with zero attached hydrogens (tertiary/aromatic N) is 2. The summed E-state index contributed by atoms with van der Waals surface area (Å²) in [5, 5.41) is 0.786. The van der Waals surface area contributed by atoms with Gasteiger partial charge >= 0.3 is 0 Å². The van der Waals surface area contributed by atoms with E-state index in [0.717, 1.165) is 16.3 Å². The molecule has 1 aliphatic heterocycles. The molecule has 0 saturated heterocycles. The van der Waals surface area contributed by atoms with Gasteiger partial charge in [-0.1, -0.05) is 61.9 Å². The van der Waals surface area contributed by atoms with Gasteiger partial charge in [0.25, 0.3) is 0 Å². The van der Waals surface area contributed by atoms with Gasteiger partial charge in [0, 0.05) is 43.0 Å². The summed E-state index contributed by atoms with van der Waals surface area (Å²) in [5.41, 5.74) is 4.95. The number of likely N-dealkylation sites (N-methyl/N-ethyl adjacent to an activating group) is 1. The number of anilines is 2. The second-order valence-corrected chi connectivity index (χ2v) is 7.66. The van der Waals surface area contributed by atoms with Crippen LogP contribution in [0.5, 0.6) is 0 Å². The van der Waals surface area contributed by atoms with E-state index in [1.54, 1.807) is 0 Å². The van der Waals surface area contributed by atoms with Crippen LogP contribution in [0, 0.1) is 0 Å². The third-order valence-corrected chi connectivity index (χ3v) is 5.42. The van der Waals surface area contributed by atoms with E-state index in [0.29, 0.717) is 6.04 Å². The fourth-order valence-corrected chi connectivity index (χ4v) is 3.85. The van der Waals surface area contributed by atoms with E-state index in [-0.39, 0.29) is 17.8 Å². The van der Waals surface area contributed by atoms with E-state index >= 15 is 0 Å². The monoisotopic (exact) mass is 376 g/mol. The van der Waals surface area contributed by atoms with E-state index in [2.05, 4.69) is 79.2 Å². The highest BCUT2D eigenvalue weighted by molar-refractivity contribution is 6.32. The minimum Gasteiger partial charge on any atom is -0.378 e. The van der Waals surface area contributed by atoms with Crippen molar-refractivity contribution in [1.29, 1.82) is 0 Å². The van der Waals surface area contributed by atoms with Crippen LogP contribution in [0.25, 0.3) is 6.08 Å². The standard InChI is InChI=1S/C21H25ClN2.ClH/c1-21(2)17-8-6-7-9-19(17)24(5)20(21)13-11-15-10-12-16(23(3)4)14-18(15)22;/h6-14,20H,1-5H3;1H. The van der Waals surface area contributed by atoms with Gasteiger partial charge in [0.1, 0.15) is 0 Å². The zero-order valence-corrected chi connectivity index (χ0v) is 17.0. The fraction of sp³-hybridized carbons (Fsp3) is 0.333. The van der Waals surface area contributed by atoms with Crippen molar-refractivity contribution in [1.82, 2.24) is 0 Å². The van der Waals surface area contributed by atoms with Crippen molar-refractivity contribution in [3.63, 3.8) is 0 Å². The van der Waals surface area contributed by atoms with Gasteiger partial charge in [-0.15, -0.1) is 12.4 Å². The van der Waals surface area contributed by atoms with Crippen LogP contribution < -0.4 is 9.80 Å². The molecule has 0 aromatic heterocycles. The molecule has 2 nitrogen and oxygen atoms in total. The number of fused-ring (bicyclic) bond motifs is 1. The van der Waals surface area contributed by atoms with Crippen LogP contribution in [-0.4, -0.2) is 27.2 Å². The number of para-hydroxylation sites is 1. The molecule has 3 rings (SSSR count). The van der Waals surface area contributed by atoms with Crippen LogP contribution in [0.3, 0.4) is 0 Å². The minimum absolute atomic E-state index is 0. The lowest BCUT2D eigenvalue weighted by atomic mass is 9.80. The molecule has 0 saturated carbocycles. The van der Waals surface area contributed by atoms with Gasteiger partial charge in [-0.25, -0.2) is 0 Å². The van der Waals surface area contributed by atoms with Crippen LogP contribution in [-0.2, 0) is 5.41 Å². The summed E-state index contributed by atoms with van der Waals surface area (Å²) in [5.74, 6) is 0. The number of rotatable bonds is 3. The quantitative estimate of drug-likeness (QED) is 0.683. The van der Waals surface area contributed by atoms with Crippen molar-refractivity contribution < 1.29 is 0 Å². The fourth-order valence-electron chi connectivity index (χ4n) is 3.61. The number of hydrogen-bond acceptors (Lipinski definition) is 2. The SMILES string of the molecule is CN(C)c1ccc(C=CC2N(C)c3ccccc3C2(C)C)c(Cl)c1.Cl. The first-order chi connectivity index (χ1) is 11.3. The molecule has 25 heavy (non-hydrogen) atoms. The van der Waals surface area contributed by atoms with Crippen molar-refractivity contribution >= 4 is 41.5 Å². The summed E-state index contributed by atoms with van der Waals surface area (Å²) < 4.78 is 0. The topological polar surface area (TPSA) is 6.48 Å². The average Bonchev–Trinajstić information content (AvgIpc) is 2.74. The largest absolute Gasteiger partial charge is 0.378 e. The Kier molecular flexibility index (Phi) is 5.75. The molecule has 0 aliphatic carbocycles. The predicted molar refractivity (Wildman–Crippen MR) is 114 cm³/mol. The Morgan fingerprint density at radius 3 is 2.40 bits per heavy atom. The van der Waals surface area contributed by atoms with Crippen molar-refractivity contribution in [3.8, 4) is 0 Å². The number of halogens is 2. The zero-order chi connectivity index (χ0) is 17.5. The number of hydrogen-bond donors (Lipinski definition) is 0. The maximum absolute atomic E-state index is 6.46. The highest BCUT2D eigenvalue weighted by atomic mass is 35.5. The van der Waals surface area contributed by atoms with E-state index in [1.807, 2.05) is 20.2 Å². The molecule has 4 heteroatoms. The molecule has 0 amide bonds. The maximum Gasteiger partial charge on any atom is 0.0565 e. The van der Waals surface area contributed by atoms with Crippen molar-refractivity contribution in [2.24, 2.45) is 0 Å². The van der Waals surface area contributed by atoms with E-state index in [4.69, 9.17) is 11.6 Å². The Morgan fingerprint density at radius 2 is 1.80 bits per heavy atom. The Hall–Kier alpha value is -1.64. The Labute approximate surface area is 162 Å². The summed E-state index contributed by atoms with van der Waals surface area (Å²) in [6.07, 6.45) is 4.42. The van der Waals surface area contributed by atoms with E-state index in [9.17, 15) is 0 Å². The number of benzene rings is 2. The van der Waals surface area contributed by atoms with Crippen LogP contribution >= 0.6 is 24.0 Å². The average molecular weight is 377 g/mol. The molecule has 134 valence electrons. The lowest BCUT2D eigenvalue weighted by molar-refractivity contribution is 0.489. The molecule has 0 N–H and O–H groups in total. The summed E-state index contributed by atoms with van der Waals surface area (Å²) in [4.78, 5) is 4.41. The highest BCUT2D eigenvalue weighted by Gasteiger charge is 2.41. The Morgan fingerprint density at radius 1 is 1.12 bits per heavy atom. The first-order valence-corrected chi connectivity index (χ1v) is 8.67. The third kappa shape index (κ3) is 3.51. The predicted octanol–water partition coefficient (Wildman–Crippen LogP) is 5.64. The third-order valence-electron chi connectivity index (χ3n) is 5.09. The van der Waals surface area contributed by atoms with Gasteiger partial charge in [0.15, 0.2) is 0 Å². The molecule has 1 atom stereocenters. The molecular weight excluding hydrogens is 351 g/mol. The van der Waals surface area contributed by atoms with Gasteiger partial charge in [-0.2, -0.15) is 0 Å². The lowest BCUT2D eigenvalue weighted by Gasteiger charge is -2.29. The summed E-state index contributed by atoms with van der Waals surface area (Å²) in [6.45, 7) is 4.61. The summed E-state index contributed by atoms with van der Waals surface area (Å²) in [7, 11) is 6.21. The molecule has 0 bridgehead atoms. The second-order valence-electron chi connectivity index (χ2n) is 7.25. The molecule has 1 unspecified atom stereocenters. The molecule has 0 fully saturated rings. The molecular formula is C21H26Cl2N2. The van der Waals surface area contributed by atoms with Crippen molar-refractivity contribution in [2.45, 2.75) is 25.3 Å². The van der Waals surface area contributed by atoms with Gasteiger partial charge in [0.2, 0.25) is 0 Å². The zero-order valence-electron chi connectivity index (χ0n) is 15.5. The van der Waals surface area contributed by atoms with Crippen molar-refractivity contribution in [2.75, 3.05) is 30.9 Å². The molecule has 2 aromatic carbocycles. The van der Waals surface area contributed by atoms with Gasteiger partial charge in [-0.05, 0) is 29.3 Å². The van der Waals surface area contributed by atoms with Crippen molar-refractivity contribution in [3.05, 3.63) is 64.7 Å². The first kappa shape index (κ1) is 19.7. The molecule has 0 radical (unpaired) electrons. The maximum atomic E-state index is 6.46. The Balaban J connectivity index is 0.00000225. The van der Waals surface area contributed by atoms with E-state index < -0.39 is 0 Å². The lowest BCUT2D eigenvalue weighted by Crippen LogP contribution is -2.37. The molecule has 2 aromatic rings. The van der Waals surface area contributed by atoms with Gasteiger partial charge in [0.05, 0.1) is 6.04 Å². The van der Waals surface area contributed by atoms with Crippen LogP contribution in [0.2, 0.25) is 5.02 Å². The van der Waals surface area contributed by atoms with Crippen LogP contribution in [0.4, 0.5) is 11.4 Å². The van der Waals surface area contributed by atoms with Gasteiger partial charge in [-0.3, -0.25) is 0 Å².